The lowest BCUT2D eigenvalue weighted by atomic mass is 9.97. The van der Waals surface area contributed by atoms with Crippen molar-refractivity contribution in [1.29, 1.82) is 0 Å². The molecule has 2 N–H and O–H groups in total. The van der Waals surface area contributed by atoms with E-state index in [1.165, 1.54) is 36.8 Å². The average molecular weight is 306 g/mol. The zero-order valence-electron chi connectivity index (χ0n) is 13.3. The molecule has 1 saturated carbocycles. The quantitative estimate of drug-likeness (QED) is 0.889. The van der Waals surface area contributed by atoms with Crippen LogP contribution in [0.4, 0.5) is 5.69 Å². The van der Waals surface area contributed by atoms with Crippen molar-refractivity contribution < 1.29 is 4.79 Å². The van der Waals surface area contributed by atoms with Crippen LogP contribution in [0.2, 0.25) is 0 Å². The first-order valence-corrected chi connectivity index (χ1v) is 8.54. The Morgan fingerprint density at radius 2 is 1.83 bits per heavy atom. The van der Waals surface area contributed by atoms with Gasteiger partial charge in [-0.1, -0.05) is 43.2 Å². The van der Waals surface area contributed by atoms with Gasteiger partial charge < -0.3 is 10.6 Å². The normalized spacial score (nSPS) is 17.1. The Bertz CT molecular complexity index is 715. The Labute approximate surface area is 137 Å². The molecule has 3 nitrogen and oxygen atoms in total. The van der Waals surface area contributed by atoms with E-state index in [4.69, 9.17) is 0 Å². The summed E-state index contributed by atoms with van der Waals surface area (Å²) in [5.74, 6) is 0.802. The van der Waals surface area contributed by atoms with Crippen LogP contribution in [0.1, 0.15) is 58.6 Å². The van der Waals surface area contributed by atoms with Crippen molar-refractivity contribution in [3.63, 3.8) is 0 Å². The molecule has 0 bridgehead atoms. The second-order valence-corrected chi connectivity index (χ2v) is 6.59. The highest BCUT2D eigenvalue weighted by Crippen LogP contribution is 2.34. The molecule has 2 aromatic carbocycles. The molecule has 0 aromatic heterocycles. The van der Waals surface area contributed by atoms with Crippen molar-refractivity contribution in [3.05, 3.63) is 64.7 Å². The van der Waals surface area contributed by atoms with E-state index in [0.717, 1.165) is 29.3 Å². The van der Waals surface area contributed by atoms with Gasteiger partial charge in [0.15, 0.2) is 0 Å². The highest BCUT2D eigenvalue weighted by atomic mass is 16.1. The van der Waals surface area contributed by atoms with Gasteiger partial charge in [-0.15, -0.1) is 0 Å². The molecule has 0 saturated heterocycles. The predicted octanol–water partition coefficient (Wildman–Crippen LogP) is 4.20. The van der Waals surface area contributed by atoms with Gasteiger partial charge in [-0.25, -0.2) is 0 Å². The second kappa shape index (κ2) is 6.07. The summed E-state index contributed by atoms with van der Waals surface area (Å²) in [7, 11) is 0. The van der Waals surface area contributed by atoms with Crippen LogP contribution in [-0.4, -0.2) is 5.91 Å². The molecule has 1 heterocycles. The minimum atomic E-state index is 0.0320. The highest BCUT2D eigenvalue weighted by Gasteiger charge is 2.21. The monoisotopic (exact) mass is 306 g/mol. The fraction of sp³-hybridized carbons (Fsp3) is 0.350. The third kappa shape index (κ3) is 2.83. The fourth-order valence-corrected chi connectivity index (χ4v) is 3.78. The largest absolute Gasteiger partial charge is 0.381 e. The summed E-state index contributed by atoms with van der Waals surface area (Å²) in [4.78, 5) is 11.7. The van der Waals surface area contributed by atoms with Crippen molar-refractivity contribution >= 4 is 11.6 Å². The fourth-order valence-electron chi connectivity index (χ4n) is 3.78. The van der Waals surface area contributed by atoms with Crippen molar-refractivity contribution in [2.45, 2.75) is 44.7 Å². The number of rotatable bonds is 4. The first-order valence-electron chi connectivity index (χ1n) is 8.54. The Morgan fingerprint density at radius 1 is 1.04 bits per heavy atom. The first kappa shape index (κ1) is 14.3. The lowest BCUT2D eigenvalue weighted by Gasteiger charge is -2.12. The molecule has 1 fully saturated rings. The summed E-state index contributed by atoms with van der Waals surface area (Å²) in [6.45, 7) is 1.41. The smallest absolute Gasteiger partial charge is 0.251 e. The van der Waals surface area contributed by atoms with E-state index < -0.39 is 0 Å². The lowest BCUT2D eigenvalue weighted by Crippen LogP contribution is -2.12. The number of nitrogens with one attached hydrogen (secondary N) is 2. The number of hydrogen-bond donors (Lipinski definition) is 2. The Balaban J connectivity index is 1.44. The van der Waals surface area contributed by atoms with E-state index in [1.807, 2.05) is 18.2 Å². The molecule has 0 atom stereocenters. The number of fused-ring (bicyclic) bond motifs is 1. The van der Waals surface area contributed by atoms with Gasteiger partial charge in [-0.3, -0.25) is 4.79 Å². The molecule has 0 unspecified atom stereocenters. The summed E-state index contributed by atoms with van der Waals surface area (Å²) in [5.41, 5.74) is 5.70. The van der Waals surface area contributed by atoms with Crippen molar-refractivity contribution in [3.8, 4) is 0 Å². The first-order chi connectivity index (χ1) is 11.3. The molecular weight excluding hydrogens is 284 g/mol. The number of carbonyl (C=O) groups is 1. The summed E-state index contributed by atoms with van der Waals surface area (Å²) in [6.07, 6.45) is 5.43. The van der Waals surface area contributed by atoms with Crippen LogP contribution in [0.15, 0.2) is 42.5 Å². The number of anilines is 1. The Morgan fingerprint density at radius 3 is 2.61 bits per heavy atom. The highest BCUT2D eigenvalue weighted by molar-refractivity contribution is 5.99. The SMILES string of the molecule is O=C1NCc2c(NCc3ccc(C4CCCC4)cc3)cccc21. The molecule has 4 rings (SSSR count). The maximum atomic E-state index is 11.7. The maximum absolute atomic E-state index is 11.7. The van der Waals surface area contributed by atoms with Crippen LogP contribution in [0.3, 0.4) is 0 Å². The van der Waals surface area contributed by atoms with Gasteiger partial charge in [-0.2, -0.15) is 0 Å². The molecule has 1 aliphatic heterocycles. The van der Waals surface area contributed by atoms with Gasteiger partial charge in [0.25, 0.3) is 5.91 Å². The molecular formula is C20H22N2O. The summed E-state index contributed by atoms with van der Waals surface area (Å²) < 4.78 is 0. The maximum Gasteiger partial charge on any atom is 0.251 e. The van der Waals surface area contributed by atoms with E-state index in [2.05, 4.69) is 34.9 Å². The van der Waals surface area contributed by atoms with Gasteiger partial charge in [0.1, 0.15) is 0 Å². The van der Waals surface area contributed by atoms with Gasteiger partial charge in [0.2, 0.25) is 0 Å². The van der Waals surface area contributed by atoms with Crippen LogP contribution in [-0.2, 0) is 13.1 Å². The molecule has 0 radical (unpaired) electrons. The molecule has 1 aliphatic carbocycles. The van der Waals surface area contributed by atoms with Crippen LogP contribution in [0.25, 0.3) is 0 Å². The molecule has 23 heavy (non-hydrogen) atoms. The molecule has 3 heteroatoms. The Kier molecular flexibility index (Phi) is 3.78. The molecule has 0 spiro atoms. The van der Waals surface area contributed by atoms with Crippen LogP contribution < -0.4 is 10.6 Å². The van der Waals surface area contributed by atoms with Crippen LogP contribution >= 0.6 is 0 Å². The number of benzene rings is 2. The number of hydrogen-bond acceptors (Lipinski definition) is 2. The third-order valence-corrected chi connectivity index (χ3v) is 5.14. The van der Waals surface area contributed by atoms with E-state index in [1.54, 1.807) is 0 Å². The van der Waals surface area contributed by atoms with Crippen molar-refractivity contribution in [2.24, 2.45) is 0 Å². The van der Waals surface area contributed by atoms with Crippen molar-refractivity contribution in [2.75, 3.05) is 5.32 Å². The minimum Gasteiger partial charge on any atom is -0.381 e. The van der Waals surface area contributed by atoms with Gasteiger partial charge in [0.05, 0.1) is 0 Å². The number of carbonyl (C=O) groups excluding carboxylic acids is 1. The van der Waals surface area contributed by atoms with Crippen molar-refractivity contribution in [1.82, 2.24) is 5.32 Å². The molecule has 2 aliphatic rings. The minimum absolute atomic E-state index is 0.0320. The van der Waals surface area contributed by atoms with E-state index >= 15 is 0 Å². The predicted molar refractivity (Wildman–Crippen MR) is 92.6 cm³/mol. The average Bonchev–Trinajstić information content (AvgIpc) is 3.24. The second-order valence-electron chi connectivity index (χ2n) is 6.59. The summed E-state index contributed by atoms with van der Waals surface area (Å²) in [5, 5.41) is 6.36. The van der Waals surface area contributed by atoms with E-state index in [0.29, 0.717) is 6.54 Å². The van der Waals surface area contributed by atoms with E-state index in [9.17, 15) is 4.79 Å². The van der Waals surface area contributed by atoms with Crippen LogP contribution in [0, 0.1) is 0 Å². The Hall–Kier alpha value is -2.29. The molecule has 1 amide bonds. The summed E-state index contributed by atoms with van der Waals surface area (Å²) >= 11 is 0. The van der Waals surface area contributed by atoms with Crippen LogP contribution in [0.5, 0.6) is 0 Å². The van der Waals surface area contributed by atoms with E-state index in [-0.39, 0.29) is 5.91 Å². The molecule has 118 valence electrons. The van der Waals surface area contributed by atoms with Gasteiger partial charge in [0, 0.05) is 29.9 Å². The molecule has 2 aromatic rings. The lowest BCUT2D eigenvalue weighted by molar-refractivity contribution is 0.0966. The summed E-state index contributed by atoms with van der Waals surface area (Å²) in [6, 6.07) is 14.9. The topological polar surface area (TPSA) is 41.1 Å². The number of amides is 1. The van der Waals surface area contributed by atoms with Gasteiger partial charge >= 0.3 is 0 Å². The zero-order valence-corrected chi connectivity index (χ0v) is 13.3. The third-order valence-electron chi connectivity index (χ3n) is 5.14. The standard InChI is InChI=1S/C20H22N2O/c23-20-17-6-3-7-19(18(17)13-22-20)21-12-14-8-10-16(11-9-14)15-4-1-2-5-15/h3,6-11,15,21H,1-2,4-5,12-13H2,(H,22,23). The zero-order chi connectivity index (χ0) is 15.6. The van der Waals surface area contributed by atoms with Gasteiger partial charge in [-0.05, 0) is 42.0 Å².